The Balaban J connectivity index is 1.98. The Hall–Kier alpha value is -2.69. The minimum absolute atomic E-state index is 0.544. The number of para-hydroxylation sites is 2. The molecule has 4 rings (SSSR count). The minimum Gasteiger partial charge on any atom is -0.423 e. The Labute approximate surface area is 140 Å². The van der Waals surface area contributed by atoms with Crippen LogP contribution in [0.5, 0.6) is 0 Å². The third-order valence-corrected chi connectivity index (χ3v) is 4.43. The molecule has 4 heteroatoms. The van der Waals surface area contributed by atoms with Gasteiger partial charge in [-0.05, 0) is 23.7 Å². The first-order valence-electron chi connectivity index (χ1n) is 7.98. The summed E-state index contributed by atoms with van der Waals surface area (Å²) in [6.07, 6.45) is 0. The summed E-state index contributed by atoms with van der Waals surface area (Å²) in [7, 11) is -1.47. The van der Waals surface area contributed by atoms with Crippen LogP contribution in [0.4, 0.5) is 0 Å². The van der Waals surface area contributed by atoms with Crippen molar-refractivity contribution in [3.05, 3.63) is 84.4 Å². The summed E-state index contributed by atoms with van der Waals surface area (Å²) in [5, 5.41) is 21.6. The Morgan fingerprint density at radius 3 is 1.88 bits per heavy atom. The lowest BCUT2D eigenvalue weighted by atomic mass is 9.77. The summed E-state index contributed by atoms with van der Waals surface area (Å²) in [6, 6.07) is 26.2. The van der Waals surface area contributed by atoms with Gasteiger partial charge in [0.15, 0.2) is 6.54 Å². The summed E-state index contributed by atoms with van der Waals surface area (Å²) in [6.45, 7) is 0.579. The molecule has 0 unspecified atom stereocenters. The molecule has 3 nitrogen and oxygen atoms in total. The zero-order chi connectivity index (χ0) is 16.5. The molecule has 0 aliphatic heterocycles. The van der Waals surface area contributed by atoms with E-state index >= 15 is 0 Å². The molecule has 2 N–H and O–H groups in total. The summed E-state index contributed by atoms with van der Waals surface area (Å²) < 4.78 is 2.23. The second-order valence-electron chi connectivity index (χ2n) is 5.92. The monoisotopic (exact) mass is 314 g/mol. The van der Waals surface area contributed by atoms with Crippen molar-refractivity contribution in [3.63, 3.8) is 0 Å². The molecule has 0 saturated heterocycles. The van der Waals surface area contributed by atoms with E-state index in [1.807, 2.05) is 42.5 Å². The molecule has 1 heterocycles. The highest BCUT2D eigenvalue weighted by atomic mass is 16.4. The van der Waals surface area contributed by atoms with E-state index in [1.165, 1.54) is 10.8 Å². The van der Waals surface area contributed by atoms with Crippen LogP contribution >= 0.6 is 0 Å². The van der Waals surface area contributed by atoms with E-state index in [0.29, 0.717) is 12.0 Å². The molecule has 1 aromatic heterocycles. The van der Waals surface area contributed by atoms with E-state index < -0.39 is 7.12 Å². The van der Waals surface area contributed by atoms with Gasteiger partial charge in [-0.1, -0.05) is 48.5 Å². The van der Waals surface area contributed by atoms with Gasteiger partial charge in [-0.15, -0.1) is 0 Å². The third kappa shape index (κ3) is 2.56. The fourth-order valence-electron chi connectivity index (χ4n) is 3.28. The van der Waals surface area contributed by atoms with Crippen molar-refractivity contribution in [2.45, 2.75) is 6.54 Å². The van der Waals surface area contributed by atoms with Gasteiger partial charge in [-0.3, -0.25) is 0 Å². The molecule has 3 aromatic carbocycles. The van der Waals surface area contributed by atoms with Crippen LogP contribution < -0.4 is 10.0 Å². The van der Waals surface area contributed by atoms with Crippen molar-refractivity contribution in [1.82, 2.24) is 0 Å². The van der Waals surface area contributed by atoms with Crippen molar-refractivity contribution in [2.24, 2.45) is 0 Å². The molecule has 4 aromatic rings. The lowest BCUT2D eigenvalue weighted by Gasteiger charge is -2.09. The topological polar surface area (TPSA) is 44.3 Å². The molecule has 0 aliphatic rings. The maximum Gasteiger partial charge on any atom is 0.488 e. The lowest BCUT2D eigenvalue weighted by Crippen LogP contribution is -2.41. The number of fused-ring (bicyclic) bond motifs is 2. The number of benzene rings is 3. The fraction of sp³-hybridized carbons (Fsp3) is 0.0500. The molecular formula is C20H17BNO2+. The maximum absolute atomic E-state index is 9.66. The molecule has 116 valence electrons. The minimum atomic E-state index is -1.47. The highest BCUT2D eigenvalue weighted by Gasteiger charge is 2.21. The predicted molar refractivity (Wildman–Crippen MR) is 97.0 cm³/mol. The Morgan fingerprint density at radius 2 is 1.25 bits per heavy atom. The molecule has 24 heavy (non-hydrogen) atoms. The first-order valence-corrected chi connectivity index (χ1v) is 7.98. The summed E-state index contributed by atoms with van der Waals surface area (Å²) in [4.78, 5) is 0. The Morgan fingerprint density at radius 1 is 0.708 bits per heavy atom. The largest absolute Gasteiger partial charge is 0.488 e. The van der Waals surface area contributed by atoms with E-state index in [0.717, 1.165) is 16.6 Å². The van der Waals surface area contributed by atoms with Gasteiger partial charge in [-0.2, -0.15) is 4.57 Å². The smallest absolute Gasteiger partial charge is 0.423 e. The fourth-order valence-corrected chi connectivity index (χ4v) is 3.28. The van der Waals surface area contributed by atoms with Crippen LogP contribution in [0.3, 0.4) is 0 Å². The average molecular weight is 314 g/mol. The number of hydrogen-bond acceptors (Lipinski definition) is 2. The molecule has 0 spiro atoms. The quantitative estimate of drug-likeness (QED) is 0.345. The molecule has 0 fully saturated rings. The van der Waals surface area contributed by atoms with Crippen LogP contribution in [-0.4, -0.2) is 17.2 Å². The number of pyridine rings is 1. The van der Waals surface area contributed by atoms with E-state index in [9.17, 15) is 10.0 Å². The van der Waals surface area contributed by atoms with Gasteiger partial charge in [0.2, 0.25) is 11.0 Å². The van der Waals surface area contributed by atoms with E-state index in [4.69, 9.17) is 0 Å². The van der Waals surface area contributed by atoms with Gasteiger partial charge in [0.1, 0.15) is 0 Å². The van der Waals surface area contributed by atoms with Crippen molar-refractivity contribution >= 4 is 34.4 Å². The van der Waals surface area contributed by atoms with Crippen LogP contribution in [0, 0.1) is 0 Å². The summed E-state index contributed by atoms with van der Waals surface area (Å²) >= 11 is 0. The van der Waals surface area contributed by atoms with Gasteiger partial charge in [-0.25, -0.2) is 0 Å². The second kappa shape index (κ2) is 6.08. The van der Waals surface area contributed by atoms with Crippen LogP contribution in [0.2, 0.25) is 0 Å². The number of aromatic nitrogens is 1. The van der Waals surface area contributed by atoms with E-state index in [2.05, 4.69) is 34.9 Å². The van der Waals surface area contributed by atoms with Crippen molar-refractivity contribution < 1.29 is 14.6 Å². The SMILES string of the molecule is OB(O)c1ccccc1C[n+]1c2ccccc2cc2ccccc21. The van der Waals surface area contributed by atoms with Crippen molar-refractivity contribution in [1.29, 1.82) is 0 Å². The first-order chi connectivity index (χ1) is 11.7. The molecule has 0 bridgehead atoms. The lowest BCUT2D eigenvalue weighted by molar-refractivity contribution is -0.635. The molecule has 0 saturated carbocycles. The zero-order valence-electron chi connectivity index (χ0n) is 13.1. The molecule has 0 aliphatic carbocycles. The number of nitrogens with zero attached hydrogens (tertiary/aromatic N) is 1. The van der Waals surface area contributed by atoms with Crippen LogP contribution in [-0.2, 0) is 6.54 Å². The van der Waals surface area contributed by atoms with Gasteiger partial charge in [0, 0.05) is 28.5 Å². The summed E-state index contributed by atoms with van der Waals surface area (Å²) in [5.74, 6) is 0. The number of rotatable bonds is 3. The highest BCUT2D eigenvalue weighted by molar-refractivity contribution is 6.59. The van der Waals surface area contributed by atoms with Gasteiger partial charge >= 0.3 is 7.12 Å². The van der Waals surface area contributed by atoms with Crippen LogP contribution in [0.25, 0.3) is 21.8 Å². The van der Waals surface area contributed by atoms with E-state index in [-0.39, 0.29) is 0 Å². The first kappa shape index (κ1) is 14.9. The Kier molecular flexibility index (Phi) is 3.77. The summed E-state index contributed by atoms with van der Waals surface area (Å²) in [5.41, 5.74) is 3.69. The zero-order valence-corrected chi connectivity index (χ0v) is 13.1. The van der Waals surface area contributed by atoms with Gasteiger partial charge < -0.3 is 10.0 Å². The normalized spacial score (nSPS) is 11.1. The molecule has 0 amide bonds. The third-order valence-electron chi connectivity index (χ3n) is 4.43. The highest BCUT2D eigenvalue weighted by Crippen LogP contribution is 2.18. The van der Waals surface area contributed by atoms with Crippen LogP contribution in [0.1, 0.15) is 5.56 Å². The molecule has 0 radical (unpaired) electrons. The van der Waals surface area contributed by atoms with E-state index in [1.54, 1.807) is 6.07 Å². The van der Waals surface area contributed by atoms with Crippen molar-refractivity contribution in [2.75, 3.05) is 0 Å². The maximum atomic E-state index is 9.66. The second-order valence-corrected chi connectivity index (χ2v) is 5.92. The van der Waals surface area contributed by atoms with Gasteiger partial charge in [0.25, 0.3) is 0 Å². The molecular weight excluding hydrogens is 297 g/mol. The molecule has 0 atom stereocenters. The Bertz CT molecular complexity index is 976. The predicted octanol–water partition coefficient (Wildman–Crippen LogP) is 2.01. The average Bonchev–Trinajstić information content (AvgIpc) is 2.62. The number of hydrogen-bond donors (Lipinski definition) is 2. The standard InChI is InChI=1S/C20H17BNO2/c23-21(24)18-10-4-1-9-17(18)14-22-19-11-5-2-7-15(19)13-16-8-3-6-12-20(16)22/h1-13,23-24H,14H2/q+1. The van der Waals surface area contributed by atoms with Gasteiger partial charge in [0.05, 0.1) is 0 Å². The van der Waals surface area contributed by atoms with Crippen LogP contribution in [0.15, 0.2) is 78.9 Å². The van der Waals surface area contributed by atoms with Crippen molar-refractivity contribution in [3.8, 4) is 0 Å².